The van der Waals surface area contributed by atoms with E-state index in [-0.39, 0.29) is 6.04 Å². The maximum atomic E-state index is 9.27. The highest BCUT2D eigenvalue weighted by molar-refractivity contribution is 5.60. The molecule has 0 radical (unpaired) electrons. The summed E-state index contributed by atoms with van der Waals surface area (Å²) in [4.78, 5) is 10.8. The van der Waals surface area contributed by atoms with Gasteiger partial charge >= 0.3 is 0 Å². The van der Waals surface area contributed by atoms with Crippen molar-refractivity contribution in [3.63, 3.8) is 0 Å². The van der Waals surface area contributed by atoms with Crippen LogP contribution in [0.2, 0.25) is 0 Å². The number of nitriles is 1. The van der Waals surface area contributed by atoms with E-state index in [9.17, 15) is 5.26 Å². The van der Waals surface area contributed by atoms with Gasteiger partial charge in [-0.2, -0.15) is 5.26 Å². The maximum Gasteiger partial charge on any atom is 0.150 e. The van der Waals surface area contributed by atoms with Gasteiger partial charge in [-0.05, 0) is 49.4 Å². The normalized spacial score (nSPS) is 18.2. The number of anilines is 1. The topological polar surface area (TPSA) is 57.2 Å². The summed E-state index contributed by atoms with van der Waals surface area (Å²) >= 11 is 0. The first-order valence-corrected chi connectivity index (χ1v) is 8.38. The molecule has 1 unspecified atom stereocenters. The van der Waals surface area contributed by atoms with E-state index < -0.39 is 0 Å². The average molecular weight is 327 g/mol. The quantitative estimate of drug-likeness (QED) is 0.756. The van der Waals surface area contributed by atoms with Gasteiger partial charge in [-0.25, -0.2) is 4.98 Å². The van der Waals surface area contributed by atoms with Crippen molar-refractivity contribution in [1.29, 1.82) is 5.26 Å². The molecule has 4 rings (SSSR count). The third-order valence-corrected chi connectivity index (χ3v) is 4.37. The number of hydrogen-bond acceptors (Lipinski definition) is 4. The highest BCUT2D eigenvalue weighted by Gasteiger charge is 2.17. The van der Waals surface area contributed by atoms with Crippen molar-refractivity contribution in [2.45, 2.75) is 31.8 Å². The summed E-state index contributed by atoms with van der Waals surface area (Å²) in [6.45, 7) is 0.658. The predicted octanol–water partition coefficient (Wildman–Crippen LogP) is 3.18. The minimum Gasteiger partial charge on any atom is -0.325 e. The van der Waals surface area contributed by atoms with E-state index in [4.69, 9.17) is 0 Å². The van der Waals surface area contributed by atoms with Gasteiger partial charge in [-0.15, -0.1) is 0 Å². The van der Waals surface area contributed by atoms with Crippen LogP contribution in [0.4, 0.5) is 5.82 Å². The van der Waals surface area contributed by atoms with Crippen LogP contribution in [-0.4, -0.2) is 21.8 Å². The van der Waals surface area contributed by atoms with Crippen molar-refractivity contribution in [3.8, 4) is 17.9 Å². The first kappa shape index (κ1) is 15.2. The molecule has 122 valence electrons. The van der Waals surface area contributed by atoms with E-state index in [0.29, 0.717) is 17.9 Å². The van der Waals surface area contributed by atoms with Gasteiger partial charge in [0.1, 0.15) is 12.1 Å². The number of pyridine rings is 1. The van der Waals surface area contributed by atoms with Crippen molar-refractivity contribution in [2.75, 3.05) is 4.90 Å². The molecule has 0 aliphatic carbocycles. The van der Waals surface area contributed by atoms with Crippen LogP contribution in [0, 0.1) is 23.2 Å². The molecule has 4 heterocycles. The molecule has 2 aliphatic rings. The highest BCUT2D eigenvalue weighted by Crippen LogP contribution is 2.24. The molecule has 0 aromatic carbocycles. The fourth-order valence-electron chi connectivity index (χ4n) is 3.08. The molecule has 0 saturated carbocycles. The SMILES string of the molecule is N#Cc1cccnc1N1C=Cn2c(C#CC3CCCC=N3)ccc2C1. The molecule has 0 N–H and O–H groups in total. The molecule has 0 saturated heterocycles. The summed E-state index contributed by atoms with van der Waals surface area (Å²) < 4.78 is 2.09. The summed E-state index contributed by atoms with van der Waals surface area (Å²) in [6, 6.07) is 9.98. The number of hydrogen-bond donors (Lipinski definition) is 0. The van der Waals surface area contributed by atoms with Crippen molar-refractivity contribution in [3.05, 3.63) is 53.6 Å². The van der Waals surface area contributed by atoms with E-state index in [1.807, 2.05) is 29.6 Å². The minimum atomic E-state index is 0.121. The van der Waals surface area contributed by atoms with Gasteiger partial charge in [-0.3, -0.25) is 4.99 Å². The van der Waals surface area contributed by atoms with E-state index in [0.717, 1.165) is 30.7 Å². The number of rotatable bonds is 1. The van der Waals surface area contributed by atoms with Crippen molar-refractivity contribution >= 4 is 18.2 Å². The molecular formula is C20H17N5. The van der Waals surface area contributed by atoms with Gasteiger partial charge in [-0.1, -0.05) is 5.92 Å². The monoisotopic (exact) mass is 327 g/mol. The van der Waals surface area contributed by atoms with Crippen LogP contribution in [0.25, 0.3) is 6.20 Å². The molecule has 0 spiro atoms. The molecule has 2 aliphatic heterocycles. The molecule has 0 amide bonds. The zero-order chi connectivity index (χ0) is 17.1. The Morgan fingerprint density at radius 2 is 2.16 bits per heavy atom. The standard InChI is InChI=1S/C20H17N5/c21-14-16-4-3-11-23-20(16)24-12-13-25-18(8-9-19(25)15-24)7-6-17-5-1-2-10-22-17/h3-4,8-13,17H,1-2,5,15H2. The average Bonchev–Trinajstić information content (AvgIpc) is 3.09. The van der Waals surface area contributed by atoms with Crippen LogP contribution in [-0.2, 0) is 6.54 Å². The minimum absolute atomic E-state index is 0.121. The summed E-state index contributed by atoms with van der Waals surface area (Å²) in [5.41, 5.74) is 2.66. The third kappa shape index (κ3) is 3.05. The van der Waals surface area contributed by atoms with Gasteiger partial charge in [0.2, 0.25) is 0 Å². The van der Waals surface area contributed by atoms with Gasteiger partial charge in [0, 0.05) is 30.5 Å². The van der Waals surface area contributed by atoms with Crippen LogP contribution in [0.3, 0.4) is 0 Å². The lowest BCUT2D eigenvalue weighted by Crippen LogP contribution is -2.23. The Bertz CT molecular complexity index is 948. The van der Waals surface area contributed by atoms with Gasteiger partial charge < -0.3 is 9.47 Å². The van der Waals surface area contributed by atoms with E-state index >= 15 is 0 Å². The largest absolute Gasteiger partial charge is 0.325 e. The Hall–Kier alpha value is -3.31. The Balaban J connectivity index is 1.58. The van der Waals surface area contributed by atoms with Crippen molar-refractivity contribution < 1.29 is 0 Å². The molecule has 5 nitrogen and oxygen atoms in total. The predicted molar refractivity (Wildman–Crippen MR) is 97.9 cm³/mol. The molecule has 2 aromatic heterocycles. The Morgan fingerprint density at radius 1 is 1.20 bits per heavy atom. The second-order valence-corrected chi connectivity index (χ2v) is 6.04. The van der Waals surface area contributed by atoms with Crippen LogP contribution in [0.5, 0.6) is 0 Å². The Kier molecular flexibility index (Phi) is 4.06. The lowest BCUT2D eigenvalue weighted by molar-refractivity contribution is 0.675. The van der Waals surface area contributed by atoms with Crippen LogP contribution < -0.4 is 4.90 Å². The maximum absolute atomic E-state index is 9.27. The molecule has 0 bridgehead atoms. The lowest BCUT2D eigenvalue weighted by atomic mass is 10.1. The highest BCUT2D eigenvalue weighted by atomic mass is 15.2. The van der Waals surface area contributed by atoms with Crippen LogP contribution in [0.1, 0.15) is 36.2 Å². The van der Waals surface area contributed by atoms with Crippen molar-refractivity contribution in [2.24, 2.45) is 4.99 Å². The van der Waals surface area contributed by atoms with Gasteiger partial charge in [0.25, 0.3) is 0 Å². The Morgan fingerprint density at radius 3 is 3.00 bits per heavy atom. The number of fused-ring (bicyclic) bond motifs is 1. The van der Waals surface area contributed by atoms with Crippen LogP contribution >= 0.6 is 0 Å². The lowest BCUT2D eigenvalue weighted by Gasteiger charge is -2.24. The third-order valence-electron chi connectivity index (χ3n) is 4.37. The first-order valence-electron chi connectivity index (χ1n) is 8.38. The summed E-state index contributed by atoms with van der Waals surface area (Å²) in [6.07, 6.45) is 10.9. The molecular weight excluding hydrogens is 310 g/mol. The second-order valence-electron chi connectivity index (χ2n) is 6.04. The number of nitrogens with zero attached hydrogens (tertiary/aromatic N) is 5. The molecule has 1 atom stereocenters. The summed E-state index contributed by atoms with van der Waals surface area (Å²) in [5, 5.41) is 9.27. The van der Waals surface area contributed by atoms with E-state index in [2.05, 4.69) is 38.5 Å². The van der Waals surface area contributed by atoms with E-state index in [1.165, 1.54) is 0 Å². The van der Waals surface area contributed by atoms with E-state index in [1.54, 1.807) is 18.3 Å². The smallest absolute Gasteiger partial charge is 0.150 e. The zero-order valence-corrected chi connectivity index (χ0v) is 13.8. The molecule has 0 fully saturated rings. The summed E-state index contributed by atoms with van der Waals surface area (Å²) in [7, 11) is 0. The van der Waals surface area contributed by atoms with Crippen molar-refractivity contribution in [1.82, 2.24) is 9.55 Å². The Labute approximate surface area is 146 Å². The summed E-state index contributed by atoms with van der Waals surface area (Å²) in [5.74, 6) is 7.20. The first-order chi connectivity index (χ1) is 12.3. The fourth-order valence-corrected chi connectivity index (χ4v) is 3.08. The number of aliphatic imine (C=N–C) groups is 1. The second kappa shape index (κ2) is 6.67. The molecule has 2 aromatic rings. The number of aromatic nitrogens is 2. The molecule has 5 heteroatoms. The molecule has 25 heavy (non-hydrogen) atoms. The zero-order valence-electron chi connectivity index (χ0n) is 13.8. The van der Waals surface area contributed by atoms with Gasteiger partial charge in [0.15, 0.2) is 5.82 Å². The van der Waals surface area contributed by atoms with Crippen LogP contribution in [0.15, 0.2) is 41.7 Å². The fraction of sp³-hybridized carbons (Fsp3) is 0.250. The van der Waals surface area contributed by atoms with Gasteiger partial charge in [0.05, 0.1) is 17.8 Å².